The summed E-state index contributed by atoms with van der Waals surface area (Å²) >= 11 is 22.8. The van der Waals surface area contributed by atoms with Crippen molar-refractivity contribution in [1.82, 2.24) is 9.97 Å². The molecule has 0 saturated carbocycles. The molecule has 0 aliphatic carbocycles. The lowest BCUT2D eigenvalue weighted by atomic mass is 10.2. The molecule has 0 saturated heterocycles. The Labute approximate surface area is 136 Å². The normalized spacial score (nSPS) is 10.2. The summed E-state index contributed by atoms with van der Waals surface area (Å²) in [7, 11) is 0. The van der Waals surface area contributed by atoms with Gasteiger partial charge >= 0.3 is 0 Å². The molecular formula is C12H9Cl3N4S. The van der Waals surface area contributed by atoms with Crippen molar-refractivity contribution in [1.29, 1.82) is 0 Å². The summed E-state index contributed by atoms with van der Waals surface area (Å²) in [4.78, 5) is 7.71. The van der Waals surface area contributed by atoms with E-state index in [1.807, 2.05) is 19.1 Å². The van der Waals surface area contributed by atoms with Crippen LogP contribution in [0.4, 0.5) is 11.5 Å². The molecule has 8 heteroatoms. The number of aryl methyl sites for hydroxylation is 1. The molecule has 0 atom stereocenters. The first-order valence-corrected chi connectivity index (χ1v) is 7.03. The Morgan fingerprint density at radius 1 is 1.15 bits per heavy atom. The van der Waals surface area contributed by atoms with E-state index in [1.165, 1.54) is 6.07 Å². The Morgan fingerprint density at radius 2 is 1.90 bits per heavy atom. The third-order valence-corrected chi connectivity index (χ3v) is 3.25. The van der Waals surface area contributed by atoms with Crippen LogP contribution in [0.3, 0.4) is 0 Å². The van der Waals surface area contributed by atoms with Gasteiger partial charge in [0.25, 0.3) is 0 Å². The Hall–Kier alpha value is -1.14. The van der Waals surface area contributed by atoms with E-state index in [4.69, 9.17) is 47.0 Å². The number of hydrogen-bond donors (Lipinski definition) is 2. The third kappa shape index (κ3) is 3.93. The van der Waals surface area contributed by atoms with Gasteiger partial charge in [0, 0.05) is 6.07 Å². The molecule has 0 fully saturated rings. The zero-order valence-corrected chi connectivity index (χ0v) is 13.3. The van der Waals surface area contributed by atoms with Crippen LogP contribution in [0.15, 0.2) is 24.3 Å². The number of nitrogens with one attached hydrogen (secondary N) is 2. The van der Waals surface area contributed by atoms with Gasteiger partial charge in [0.05, 0.1) is 10.7 Å². The lowest BCUT2D eigenvalue weighted by Crippen LogP contribution is -2.20. The van der Waals surface area contributed by atoms with Gasteiger partial charge < -0.3 is 10.6 Å². The third-order valence-electron chi connectivity index (χ3n) is 2.37. The van der Waals surface area contributed by atoms with Crippen molar-refractivity contribution >= 4 is 63.6 Å². The molecule has 0 bridgehead atoms. The molecule has 1 aromatic carbocycles. The second-order valence-corrected chi connectivity index (χ2v) is 5.40. The van der Waals surface area contributed by atoms with Crippen LogP contribution in [0, 0.1) is 6.92 Å². The van der Waals surface area contributed by atoms with Gasteiger partial charge in [0.1, 0.15) is 11.0 Å². The standard InChI is InChI=1S/C12H9Cl3N4S/c1-6-3-2-4-7(13)10(6)19-12(20)18-9-5-8(14)16-11(15)17-9/h2-5H,1H3,(H2,16,17,18,19,20). The summed E-state index contributed by atoms with van der Waals surface area (Å²) < 4.78 is 0. The summed E-state index contributed by atoms with van der Waals surface area (Å²) in [5.41, 5.74) is 1.71. The first-order chi connectivity index (χ1) is 9.45. The van der Waals surface area contributed by atoms with Crippen LogP contribution in [-0.4, -0.2) is 15.1 Å². The highest BCUT2D eigenvalue weighted by Crippen LogP contribution is 2.25. The van der Waals surface area contributed by atoms with Crippen LogP contribution in [0.2, 0.25) is 15.5 Å². The molecule has 104 valence electrons. The zero-order valence-electron chi connectivity index (χ0n) is 10.2. The number of rotatable bonds is 2. The predicted octanol–water partition coefficient (Wildman–Crippen LogP) is 4.55. The minimum atomic E-state index is 0.0386. The van der Waals surface area contributed by atoms with E-state index in [9.17, 15) is 0 Å². The molecule has 0 spiro atoms. The van der Waals surface area contributed by atoms with E-state index < -0.39 is 0 Å². The average molecular weight is 348 g/mol. The summed E-state index contributed by atoms with van der Waals surface area (Å²) in [6.45, 7) is 1.93. The van der Waals surface area contributed by atoms with Crippen molar-refractivity contribution in [2.24, 2.45) is 0 Å². The fraction of sp³-hybridized carbons (Fsp3) is 0.0833. The van der Waals surface area contributed by atoms with E-state index in [0.29, 0.717) is 16.0 Å². The molecule has 0 radical (unpaired) electrons. The molecule has 4 nitrogen and oxygen atoms in total. The molecule has 2 aromatic rings. The van der Waals surface area contributed by atoms with Crippen LogP contribution in [0.25, 0.3) is 0 Å². The van der Waals surface area contributed by atoms with Crippen molar-refractivity contribution in [2.75, 3.05) is 10.6 Å². The lowest BCUT2D eigenvalue weighted by molar-refractivity contribution is 1.17. The number of thiocarbonyl (C=S) groups is 1. The van der Waals surface area contributed by atoms with Crippen LogP contribution in [0.1, 0.15) is 5.56 Å². The molecule has 20 heavy (non-hydrogen) atoms. The average Bonchev–Trinajstić information content (AvgIpc) is 2.32. The first kappa shape index (κ1) is 15.3. The summed E-state index contributed by atoms with van der Waals surface area (Å²) in [6.07, 6.45) is 0. The molecule has 1 heterocycles. The number of benzene rings is 1. The van der Waals surface area contributed by atoms with E-state index in [0.717, 1.165) is 11.3 Å². The highest BCUT2D eigenvalue weighted by atomic mass is 35.5. The Bertz CT molecular complexity index is 623. The van der Waals surface area contributed by atoms with E-state index >= 15 is 0 Å². The number of hydrogen-bond acceptors (Lipinski definition) is 3. The second-order valence-electron chi connectivity index (χ2n) is 3.86. The topological polar surface area (TPSA) is 49.8 Å². The largest absolute Gasteiger partial charge is 0.331 e. The lowest BCUT2D eigenvalue weighted by Gasteiger charge is -2.13. The fourth-order valence-electron chi connectivity index (χ4n) is 1.51. The van der Waals surface area contributed by atoms with Crippen LogP contribution >= 0.6 is 47.0 Å². The molecule has 2 N–H and O–H groups in total. The Morgan fingerprint density at radius 3 is 2.55 bits per heavy atom. The quantitative estimate of drug-likeness (QED) is 0.474. The number of halogens is 3. The summed E-state index contributed by atoms with van der Waals surface area (Å²) in [6, 6.07) is 7.08. The number of nitrogens with zero attached hydrogens (tertiary/aromatic N) is 2. The maximum absolute atomic E-state index is 6.11. The van der Waals surface area contributed by atoms with Crippen molar-refractivity contribution in [3.05, 3.63) is 45.3 Å². The van der Waals surface area contributed by atoms with Gasteiger partial charge in [0.2, 0.25) is 5.28 Å². The van der Waals surface area contributed by atoms with E-state index in [-0.39, 0.29) is 10.4 Å². The van der Waals surface area contributed by atoms with Crippen molar-refractivity contribution in [3.63, 3.8) is 0 Å². The minimum Gasteiger partial charge on any atom is -0.331 e. The van der Waals surface area contributed by atoms with Gasteiger partial charge in [0.15, 0.2) is 5.11 Å². The second kappa shape index (κ2) is 6.54. The number of aromatic nitrogens is 2. The summed E-state index contributed by atoms with van der Waals surface area (Å²) in [5.74, 6) is 0.400. The minimum absolute atomic E-state index is 0.0386. The SMILES string of the molecule is Cc1cccc(Cl)c1NC(=S)Nc1cc(Cl)nc(Cl)n1. The van der Waals surface area contributed by atoms with Gasteiger partial charge in [-0.3, -0.25) is 0 Å². The maximum atomic E-state index is 6.11. The molecule has 0 aliphatic rings. The number of para-hydroxylation sites is 1. The van der Waals surface area contributed by atoms with Gasteiger partial charge in [-0.25, -0.2) is 9.97 Å². The number of anilines is 2. The van der Waals surface area contributed by atoms with Crippen molar-refractivity contribution in [3.8, 4) is 0 Å². The van der Waals surface area contributed by atoms with E-state index in [2.05, 4.69) is 20.6 Å². The maximum Gasteiger partial charge on any atom is 0.225 e. The smallest absolute Gasteiger partial charge is 0.225 e. The molecule has 0 amide bonds. The monoisotopic (exact) mass is 346 g/mol. The highest BCUT2D eigenvalue weighted by molar-refractivity contribution is 7.80. The Kier molecular flexibility index (Phi) is 4.99. The fourth-order valence-corrected chi connectivity index (χ4v) is 2.39. The molecule has 1 aromatic heterocycles. The molecule has 0 aliphatic heterocycles. The van der Waals surface area contributed by atoms with Crippen LogP contribution in [-0.2, 0) is 0 Å². The van der Waals surface area contributed by atoms with E-state index in [1.54, 1.807) is 6.07 Å². The van der Waals surface area contributed by atoms with Gasteiger partial charge in [-0.1, -0.05) is 35.3 Å². The van der Waals surface area contributed by atoms with Gasteiger partial charge in [-0.05, 0) is 42.4 Å². The first-order valence-electron chi connectivity index (χ1n) is 5.49. The van der Waals surface area contributed by atoms with Gasteiger partial charge in [-0.2, -0.15) is 0 Å². The van der Waals surface area contributed by atoms with Crippen LogP contribution < -0.4 is 10.6 Å². The van der Waals surface area contributed by atoms with Crippen molar-refractivity contribution < 1.29 is 0 Å². The van der Waals surface area contributed by atoms with Crippen LogP contribution in [0.5, 0.6) is 0 Å². The van der Waals surface area contributed by atoms with Crippen molar-refractivity contribution in [2.45, 2.75) is 6.92 Å². The van der Waals surface area contributed by atoms with Gasteiger partial charge in [-0.15, -0.1) is 0 Å². The zero-order chi connectivity index (χ0) is 14.7. The highest BCUT2D eigenvalue weighted by Gasteiger charge is 2.07. The molecule has 0 unspecified atom stereocenters. The molecule has 2 rings (SSSR count). The molecular weight excluding hydrogens is 339 g/mol. The predicted molar refractivity (Wildman–Crippen MR) is 88.1 cm³/mol. The Balaban J connectivity index is 2.13. The summed E-state index contributed by atoms with van der Waals surface area (Å²) in [5, 5.41) is 7.04.